The van der Waals surface area contributed by atoms with Gasteiger partial charge in [0.15, 0.2) is 0 Å². The summed E-state index contributed by atoms with van der Waals surface area (Å²) >= 11 is 10.4. The maximum Gasteiger partial charge on any atom is 0.342 e. The number of ether oxygens (including phenoxy) is 1. The summed E-state index contributed by atoms with van der Waals surface area (Å²) in [6, 6.07) is 14.9. The number of aromatic nitrogens is 3. The summed E-state index contributed by atoms with van der Waals surface area (Å²) in [4.78, 5) is 12.1. The zero-order chi connectivity index (χ0) is 24.4. The SMILES string of the molecule is COc1ccc(Cl)cc1-c1nnc(S/C(=C\c2cc(C)n(-c3ccc(Br)cc3)c2C)C(=O)O)o1. The Labute approximate surface area is 213 Å². The zero-order valence-electron chi connectivity index (χ0n) is 18.4. The number of rotatable bonds is 7. The van der Waals surface area contributed by atoms with Crippen LogP contribution in [0.2, 0.25) is 5.02 Å². The zero-order valence-corrected chi connectivity index (χ0v) is 21.5. The number of hydrogen-bond donors (Lipinski definition) is 1. The third-order valence-electron chi connectivity index (χ3n) is 5.05. The van der Waals surface area contributed by atoms with Crippen LogP contribution in [0, 0.1) is 13.8 Å². The van der Waals surface area contributed by atoms with Crippen LogP contribution < -0.4 is 4.74 Å². The van der Waals surface area contributed by atoms with Crippen molar-refractivity contribution < 1.29 is 19.1 Å². The van der Waals surface area contributed by atoms with E-state index in [1.54, 1.807) is 24.3 Å². The first-order chi connectivity index (χ1) is 16.3. The van der Waals surface area contributed by atoms with Gasteiger partial charge in [-0.05, 0) is 85.8 Å². The predicted octanol–water partition coefficient (Wildman–Crippen LogP) is 6.79. The molecule has 2 heterocycles. The Hall–Kier alpha value is -3.01. The number of aryl methyl sites for hydroxylation is 1. The molecular weight excluding hydrogens is 542 g/mol. The standard InChI is InChI=1S/C24H19BrClN3O4S/c1-13-10-15(14(2)29(13)18-7-4-16(25)5-8-18)11-21(23(30)31)34-24-28-27-22(33-24)19-12-17(26)6-9-20(19)32-3/h4-12H,1-3H3,(H,30,31)/b21-11-. The third kappa shape index (κ3) is 5.06. The van der Waals surface area contributed by atoms with Gasteiger partial charge in [0.1, 0.15) is 10.7 Å². The van der Waals surface area contributed by atoms with Gasteiger partial charge in [0.25, 0.3) is 11.1 Å². The smallest absolute Gasteiger partial charge is 0.342 e. The first-order valence-electron chi connectivity index (χ1n) is 10.0. The highest BCUT2D eigenvalue weighted by Gasteiger charge is 2.19. The van der Waals surface area contributed by atoms with E-state index in [9.17, 15) is 9.90 Å². The molecule has 0 aliphatic heterocycles. The molecular formula is C24H19BrClN3O4S. The Kier molecular flexibility index (Phi) is 7.16. The van der Waals surface area contributed by atoms with Gasteiger partial charge in [-0.3, -0.25) is 0 Å². The summed E-state index contributed by atoms with van der Waals surface area (Å²) in [6.45, 7) is 3.92. The van der Waals surface area contributed by atoms with Crippen molar-refractivity contribution >= 4 is 51.3 Å². The van der Waals surface area contributed by atoms with Crippen LogP contribution in [-0.4, -0.2) is 33.0 Å². The van der Waals surface area contributed by atoms with Crippen LogP contribution in [0.1, 0.15) is 17.0 Å². The van der Waals surface area contributed by atoms with E-state index in [1.807, 2.05) is 44.2 Å². The quantitative estimate of drug-likeness (QED) is 0.197. The fourth-order valence-electron chi connectivity index (χ4n) is 3.50. The molecule has 0 aliphatic carbocycles. The van der Waals surface area contributed by atoms with E-state index >= 15 is 0 Å². The number of carboxylic acid groups (broad SMARTS) is 1. The summed E-state index contributed by atoms with van der Waals surface area (Å²) in [7, 11) is 1.52. The molecule has 1 N–H and O–H groups in total. The van der Waals surface area contributed by atoms with Crippen LogP contribution in [0.25, 0.3) is 23.2 Å². The van der Waals surface area contributed by atoms with Crippen LogP contribution in [0.3, 0.4) is 0 Å². The van der Waals surface area contributed by atoms with Gasteiger partial charge in [-0.1, -0.05) is 27.5 Å². The third-order valence-corrected chi connectivity index (χ3v) is 6.66. The fraction of sp³-hybridized carbons (Fsp3) is 0.125. The maximum atomic E-state index is 12.0. The largest absolute Gasteiger partial charge is 0.496 e. The molecule has 4 rings (SSSR count). The molecule has 0 aliphatic rings. The number of nitrogens with zero attached hydrogens (tertiary/aromatic N) is 3. The topological polar surface area (TPSA) is 90.4 Å². The van der Waals surface area contributed by atoms with Gasteiger partial charge in [-0.15, -0.1) is 10.2 Å². The van der Waals surface area contributed by atoms with Gasteiger partial charge in [0.05, 0.1) is 12.7 Å². The molecule has 4 aromatic rings. The second-order valence-electron chi connectivity index (χ2n) is 7.27. The molecule has 0 saturated carbocycles. The molecule has 0 saturated heterocycles. The number of carboxylic acids is 1. The van der Waals surface area contributed by atoms with Crippen molar-refractivity contribution in [1.29, 1.82) is 0 Å². The molecule has 2 aromatic carbocycles. The summed E-state index contributed by atoms with van der Waals surface area (Å²) in [5.74, 6) is -0.405. The number of thioether (sulfide) groups is 1. The lowest BCUT2D eigenvalue weighted by atomic mass is 10.2. The Morgan fingerprint density at radius 3 is 2.59 bits per heavy atom. The lowest BCUT2D eigenvalue weighted by Crippen LogP contribution is -1.99. The van der Waals surface area contributed by atoms with Gasteiger partial charge in [0, 0.05) is 26.6 Å². The Morgan fingerprint density at radius 1 is 1.18 bits per heavy atom. The van der Waals surface area contributed by atoms with Crippen molar-refractivity contribution in [3.8, 4) is 22.9 Å². The molecule has 0 spiro atoms. The van der Waals surface area contributed by atoms with E-state index in [2.05, 4.69) is 30.7 Å². The van der Waals surface area contributed by atoms with Crippen molar-refractivity contribution in [2.45, 2.75) is 19.1 Å². The van der Waals surface area contributed by atoms with Gasteiger partial charge < -0.3 is 18.8 Å². The molecule has 174 valence electrons. The number of carbonyl (C=O) groups is 1. The van der Waals surface area contributed by atoms with Crippen molar-refractivity contribution in [2.24, 2.45) is 0 Å². The molecule has 7 nitrogen and oxygen atoms in total. The molecule has 34 heavy (non-hydrogen) atoms. The summed E-state index contributed by atoms with van der Waals surface area (Å²) in [6.07, 6.45) is 1.61. The molecule has 2 aromatic heterocycles. The molecule has 0 unspecified atom stereocenters. The minimum absolute atomic E-state index is 0.0457. The van der Waals surface area contributed by atoms with Crippen LogP contribution in [0.5, 0.6) is 5.75 Å². The van der Waals surface area contributed by atoms with Crippen molar-refractivity contribution in [1.82, 2.24) is 14.8 Å². The number of benzene rings is 2. The Bertz CT molecular complexity index is 1400. The van der Waals surface area contributed by atoms with E-state index < -0.39 is 5.97 Å². The molecule has 10 heteroatoms. The highest BCUT2D eigenvalue weighted by atomic mass is 79.9. The molecule has 0 atom stereocenters. The minimum atomic E-state index is -1.10. The highest BCUT2D eigenvalue weighted by molar-refractivity contribution is 9.10. The Morgan fingerprint density at radius 2 is 1.91 bits per heavy atom. The fourth-order valence-corrected chi connectivity index (χ4v) is 4.60. The first kappa shape index (κ1) is 24.1. The average molecular weight is 561 g/mol. The summed E-state index contributed by atoms with van der Waals surface area (Å²) in [5.41, 5.74) is 4.18. The van der Waals surface area contributed by atoms with E-state index in [0.717, 1.165) is 38.9 Å². The lowest BCUT2D eigenvalue weighted by molar-refractivity contribution is -0.131. The van der Waals surface area contributed by atoms with Crippen molar-refractivity contribution in [3.63, 3.8) is 0 Å². The second-order valence-corrected chi connectivity index (χ2v) is 9.62. The van der Waals surface area contributed by atoms with Crippen LogP contribution in [0.4, 0.5) is 0 Å². The van der Waals surface area contributed by atoms with E-state index in [1.165, 1.54) is 7.11 Å². The number of hydrogen-bond acceptors (Lipinski definition) is 6. The normalized spacial score (nSPS) is 11.6. The second kappa shape index (κ2) is 10.1. The van der Waals surface area contributed by atoms with E-state index in [-0.39, 0.29) is 16.0 Å². The number of methoxy groups -OCH3 is 1. The van der Waals surface area contributed by atoms with E-state index in [4.69, 9.17) is 20.8 Å². The monoisotopic (exact) mass is 559 g/mol. The molecule has 0 radical (unpaired) electrons. The maximum absolute atomic E-state index is 12.0. The predicted molar refractivity (Wildman–Crippen MR) is 136 cm³/mol. The Balaban J connectivity index is 1.66. The van der Waals surface area contributed by atoms with Crippen molar-refractivity contribution in [2.75, 3.05) is 7.11 Å². The molecule has 0 bridgehead atoms. The van der Waals surface area contributed by atoms with Gasteiger partial charge >= 0.3 is 5.97 Å². The molecule has 0 fully saturated rings. The lowest BCUT2D eigenvalue weighted by Gasteiger charge is -2.09. The summed E-state index contributed by atoms with van der Waals surface area (Å²) < 4.78 is 14.1. The highest BCUT2D eigenvalue weighted by Crippen LogP contribution is 2.35. The van der Waals surface area contributed by atoms with Crippen LogP contribution >= 0.6 is 39.3 Å². The molecule has 0 amide bonds. The number of aliphatic carboxylic acids is 1. The van der Waals surface area contributed by atoms with Gasteiger partial charge in [-0.25, -0.2) is 4.79 Å². The first-order valence-corrected chi connectivity index (χ1v) is 12.0. The van der Waals surface area contributed by atoms with E-state index in [0.29, 0.717) is 16.3 Å². The number of halogens is 2. The minimum Gasteiger partial charge on any atom is -0.496 e. The average Bonchev–Trinajstić information content (AvgIpc) is 3.38. The van der Waals surface area contributed by atoms with Crippen LogP contribution in [-0.2, 0) is 4.79 Å². The van der Waals surface area contributed by atoms with Crippen molar-refractivity contribution in [3.05, 3.63) is 79.9 Å². The van der Waals surface area contributed by atoms with Gasteiger partial charge in [-0.2, -0.15) is 0 Å². The van der Waals surface area contributed by atoms with Gasteiger partial charge in [0.2, 0.25) is 0 Å². The van der Waals surface area contributed by atoms with Crippen LogP contribution in [0.15, 0.2) is 67.5 Å². The summed E-state index contributed by atoms with van der Waals surface area (Å²) in [5, 5.41) is 18.4.